The van der Waals surface area contributed by atoms with Crippen LogP contribution in [0.5, 0.6) is 0 Å². The first kappa shape index (κ1) is 30.0. The molecule has 1 amide bonds. The maximum absolute atomic E-state index is 12.4. The predicted octanol–water partition coefficient (Wildman–Crippen LogP) is 7.17. The SMILES string of the molecule is C=CC(=O)Nc1cc(-c2cc3c(cn2)CCc2c-3[nH]c(CCC)c2C(C)=O)ccc1C.CCCN(C)CCC. The number of carbonyl (C=O) groups excluding carboxylic acids is 2. The fraction of sp³-hybridized carbons (Fsp3) is 0.424. The quantitative estimate of drug-likeness (QED) is 0.216. The molecule has 0 atom stereocenters. The predicted molar refractivity (Wildman–Crippen MR) is 163 cm³/mol. The van der Waals surface area contributed by atoms with E-state index in [0.29, 0.717) is 0 Å². The molecule has 0 radical (unpaired) electrons. The van der Waals surface area contributed by atoms with Gasteiger partial charge in [0.05, 0.1) is 5.69 Å². The lowest BCUT2D eigenvalue weighted by Gasteiger charge is -2.18. The average Bonchev–Trinajstić information content (AvgIpc) is 3.29. The molecule has 6 nitrogen and oxygen atoms in total. The number of nitrogens with one attached hydrogen (secondary N) is 2. The number of amides is 1. The van der Waals surface area contributed by atoms with Gasteiger partial charge in [0.15, 0.2) is 5.78 Å². The molecule has 0 saturated carbocycles. The molecule has 0 bridgehead atoms. The summed E-state index contributed by atoms with van der Waals surface area (Å²) < 4.78 is 0. The second kappa shape index (κ2) is 14.0. The maximum atomic E-state index is 12.4. The molecule has 39 heavy (non-hydrogen) atoms. The average molecular weight is 529 g/mol. The van der Waals surface area contributed by atoms with Gasteiger partial charge in [0.2, 0.25) is 5.91 Å². The molecule has 0 unspecified atom stereocenters. The van der Waals surface area contributed by atoms with Gasteiger partial charge in [-0.25, -0.2) is 0 Å². The minimum Gasteiger partial charge on any atom is -0.358 e. The lowest BCUT2D eigenvalue weighted by molar-refractivity contribution is -0.111. The van der Waals surface area contributed by atoms with Crippen LogP contribution in [0, 0.1) is 6.92 Å². The van der Waals surface area contributed by atoms with E-state index in [0.717, 1.165) is 76.3 Å². The first-order valence-corrected chi connectivity index (χ1v) is 14.2. The van der Waals surface area contributed by atoms with Crippen molar-refractivity contribution in [3.8, 4) is 22.5 Å². The Morgan fingerprint density at radius 1 is 1.10 bits per heavy atom. The van der Waals surface area contributed by atoms with Crippen molar-refractivity contribution >= 4 is 17.4 Å². The van der Waals surface area contributed by atoms with Gasteiger partial charge in [-0.15, -0.1) is 0 Å². The van der Waals surface area contributed by atoms with Crippen molar-refractivity contribution < 1.29 is 9.59 Å². The summed E-state index contributed by atoms with van der Waals surface area (Å²) in [7, 11) is 2.17. The summed E-state index contributed by atoms with van der Waals surface area (Å²) in [6.45, 7) is 16.2. The zero-order chi connectivity index (χ0) is 28.5. The molecule has 1 aliphatic carbocycles. The lowest BCUT2D eigenvalue weighted by Crippen LogP contribution is -2.19. The van der Waals surface area contributed by atoms with Gasteiger partial charge < -0.3 is 15.2 Å². The molecule has 0 fully saturated rings. The van der Waals surface area contributed by atoms with Crippen LogP contribution in [0.25, 0.3) is 22.5 Å². The van der Waals surface area contributed by atoms with Crippen molar-refractivity contribution in [2.75, 3.05) is 25.5 Å². The van der Waals surface area contributed by atoms with Crippen molar-refractivity contribution in [2.45, 2.75) is 73.1 Å². The van der Waals surface area contributed by atoms with Crippen molar-refractivity contribution in [1.29, 1.82) is 0 Å². The molecule has 3 aromatic rings. The van der Waals surface area contributed by atoms with E-state index in [4.69, 9.17) is 4.98 Å². The third-order valence-electron chi connectivity index (χ3n) is 7.12. The number of aromatic nitrogens is 2. The highest BCUT2D eigenvalue weighted by atomic mass is 16.1. The highest BCUT2D eigenvalue weighted by Crippen LogP contribution is 2.38. The Hall–Kier alpha value is -3.51. The summed E-state index contributed by atoms with van der Waals surface area (Å²) >= 11 is 0. The van der Waals surface area contributed by atoms with E-state index < -0.39 is 0 Å². The number of aromatic amines is 1. The number of benzene rings is 1. The van der Waals surface area contributed by atoms with E-state index in [1.165, 1.54) is 37.6 Å². The highest BCUT2D eigenvalue weighted by molar-refractivity contribution is 6.00. The molecule has 1 aromatic carbocycles. The fourth-order valence-electron chi connectivity index (χ4n) is 5.25. The highest BCUT2D eigenvalue weighted by Gasteiger charge is 2.26. The number of carbonyl (C=O) groups is 2. The largest absolute Gasteiger partial charge is 0.358 e. The summed E-state index contributed by atoms with van der Waals surface area (Å²) in [6.07, 6.45) is 9.30. The normalized spacial score (nSPS) is 11.8. The van der Waals surface area contributed by atoms with Gasteiger partial charge in [0.1, 0.15) is 0 Å². The number of ketones is 1. The number of H-pyrrole nitrogens is 1. The number of fused-ring (bicyclic) bond motifs is 3. The monoisotopic (exact) mass is 528 g/mol. The molecule has 208 valence electrons. The first-order valence-electron chi connectivity index (χ1n) is 14.2. The molecule has 6 heteroatoms. The van der Waals surface area contributed by atoms with Gasteiger partial charge in [-0.05, 0) is 101 Å². The van der Waals surface area contributed by atoms with Gasteiger partial charge in [-0.1, -0.05) is 45.9 Å². The molecule has 0 spiro atoms. The Bertz CT molecular complexity index is 1320. The molecule has 2 aromatic heterocycles. The second-order valence-corrected chi connectivity index (χ2v) is 10.4. The maximum Gasteiger partial charge on any atom is 0.247 e. The van der Waals surface area contributed by atoms with E-state index in [1.54, 1.807) is 6.92 Å². The van der Waals surface area contributed by atoms with Crippen molar-refractivity contribution in [1.82, 2.24) is 14.9 Å². The van der Waals surface area contributed by atoms with Gasteiger partial charge in [0.25, 0.3) is 0 Å². The molecule has 0 aliphatic heterocycles. The summed E-state index contributed by atoms with van der Waals surface area (Å²) in [5.74, 6) is -0.116. The Morgan fingerprint density at radius 2 is 1.82 bits per heavy atom. The van der Waals surface area contributed by atoms with Crippen molar-refractivity contribution in [3.63, 3.8) is 0 Å². The number of hydrogen-bond acceptors (Lipinski definition) is 4. The van der Waals surface area contributed by atoms with Crippen LogP contribution in [0.3, 0.4) is 0 Å². The molecule has 0 saturated heterocycles. The topological polar surface area (TPSA) is 78.1 Å². The van der Waals surface area contributed by atoms with Crippen LogP contribution in [0.15, 0.2) is 43.1 Å². The minimum atomic E-state index is -0.241. The van der Waals surface area contributed by atoms with E-state index in [-0.39, 0.29) is 11.7 Å². The number of pyridine rings is 1. The number of hydrogen-bond donors (Lipinski definition) is 2. The number of anilines is 1. The van der Waals surface area contributed by atoms with Crippen LogP contribution in [0.2, 0.25) is 0 Å². The summed E-state index contributed by atoms with van der Waals surface area (Å²) in [6, 6.07) is 8.01. The van der Waals surface area contributed by atoms with Crippen molar-refractivity contribution in [2.24, 2.45) is 0 Å². The van der Waals surface area contributed by atoms with Crippen LogP contribution >= 0.6 is 0 Å². The van der Waals surface area contributed by atoms with E-state index >= 15 is 0 Å². The Balaban J connectivity index is 0.000000459. The number of aryl methyl sites for hydroxylation is 3. The molecular formula is C33H44N4O2. The fourth-order valence-corrected chi connectivity index (χ4v) is 5.25. The van der Waals surface area contributed by atoms with E-state index in [1.807, 2.05) is 31.3 Å². The van der Waals surface area contributed by atoms with Crippen LogP contribution in [0.4, 0.5) is 5.69 Å². The molecule has 2 heterocycles. The van der Waals surface area contributed by atoms with Gasteiger partial charge in [-0.2, -0.15) is 0 Å². The van der Waals surface area contributed by atoms with Gasteiger partial charge in [-0.3, -0.25) is 14.6 Å². The number of Topliss-reactive ketones (excluding diaryl/α,β-unsaturated/α-hetero) is 1. The van der Waals surface area contributed by atoms with Crippen LogP contribution < -0.4 is 5.32 Å². The molecule has 2 N–H and O–H groups in total. The molecule has 4 rings (SSSR count). The van der Waals surface area contributed by atoms with E-state index in [2.05, 4.69) is 55.7 Å². The Kier molecular flexibility index (Phi) is 10.8. The smallest absolute Gasteiger partial charge is 0.247 e. The zero-order valence-corrected chi connectivity index (χ0v) is 24.5. The van der Waals surface area contributed by atoms with Crippen LogP contribution in [0.1, 0.15) is 79.7 Å². The second-order valence-electron chi connectivity index (χ2n) is 10.4. The lowest BCUT2D eigenvalue weighted by atomic mass is 9.87. The zero-order valence-electron chi connectivity index (χ0n) is 24.5. The summed E-state index contributed by atoms with van der Waals surface area (Å²) in [5.41, 5.74) is 9.83. The van der Waals surface area contributed by atoms with Crippen molar-refractivity contribution in [3.05, 3.63) is 71.1 Å². The third kappa shape index (κ3) is 7.33. The van der Waals surface area contributed by atoms with Crippen LogP contribution in [-0.4, -0.2) is 46.7 Å². The summed E-state index contributed by atoms with van der Waals surface area (Å²) in [4.78, 5) is 34.8. The minimum absolute atomic E-state index is 0.125. The number of rotatable bonds is 10. The van der Waals surface area contributed by atoms with Gasteiger partial charge in [0, 0.05) is 40.0 Å². The van der Waals surface area contributed by atoms with E-state index in [9.17, 15) is 9.59 Å². The van der Waals surface area contributed by atoms with Gasteiger partial charge >= 0.3 is 0 Å². The Labute approximate surface area is 233 Å². The first-order chi connectivity index (χ1) is 18.7. The number of nitrogens with zero attached hydrogens (tertiary/aromatic N) is 2. The standard InChI is InChI=1S/C26H27N3O2.C7H17N/c1-5-7-21-25(16(4)30)19-11-10-18-14-27-23(13-20(18)26(19)29-21)17-9-8-15(3)22(12-17)28-24(31)6-2;1-4-6-8(3)7-5-2/h6,8-9,12-14,29H,2,5,7,10-11H2,1,3-4H3,(H,28,31);4-7H2,1-3H3. The Morgan fingerprint density at radius 3 is 2.44 bits per heavy atom. The molecule has 1 aliphatic rings. The third-order valence-corrected chi connectivity index (χ3v) is 7.12. The molecular weight excluding hydrogens is 484 g/mol. The van der Waals surface area contributed by atoms with Crippen LogP contribution in [-0.2, 0) is 24.1 Å². The summed E-state index contributed by atoms with van der Waals surface area (Å²) in [5, 5.41) is 2.86.